The van der Waals surface area contributed by atoms with Crippen LogP contribution in [-0.2, 0) is 0 Å². The van der Waals surface area contributed by atoms with Gasteiger partial charge in [0.05, 0.1) is 6.10 Å². The Morgan fingerprint density at radius 3 is 3.08 bits per heavy atom. The molecule has 0 aliphatic carbocycles. The van der Waals surface area contributed by atoms with Gasteiger partial charge in [0.15, 0.2) is 5.13 Å². The van der Waals surface area contributed by atoms with Crippen molar-refractivity contribution in [3.8, 4) is 0 Å². The number of nitrogens with zero attached hydrogens (tertiary/aromatic N) is 1. The highest BCUT2D eigenvalue weighted by Crippen LogP contribution is 2.19. The van der Waals surface area contributed by atoms with Crippen molar-refractivity contribution in [3.63, 3.8) is 0 Å². The quantitative estimate of drug-likeness (QED) is 0.859. The summed E-state index contributed by atoms with van der Waals surface area (Å²) in [5.74, 6) is 0. The summed E-state index contributed by atoms with van der Waals surface area (Å²) < 4.78 is 0.838. The number of anilines is 1. The molecule has 1 rings (SSSR count). The molecule has 1 aromatic heterocycles. The largest absolute Gasteiger partial charge is 0.391 e. The minimum absolute atomic E-state index is 0.271. The van der Waals surface area contributed by atoms with E-state index in [0.29, 0.717) is 6.54 Å². The second-order valence-corrected chi connectivity index (χ2v) is 4.47. The van der Waals surface area contributed by atoms with E-state index in [0.717, 1.165) is 22.6 Å². The number of rotatable bonds is 5. The molecule has 1 atom stereocenters. The number of hydrogen-bond donors (Lipinski definition) is 2. The highest BCUT2D eigenvalue weighted by Gasteiger charge is 2.03. The summed E-state index contributed by atoms with van der Waals surface area (Å²) in [6.45, 7) is 2.64. The fourth-order valence-corrected chi connectivity index (χ4v) is 2.13. The maximum atomic E-state index is 9.42. The normalized spacial score (nSPS) is 12.8. The second-order valence-electron chi connectivity index (χ2n) is 2.80. The molecule has 0 fully saturated rings. The van der Waals surface area contributed by atoms with Gasteiger partial charge in [0, 0.05) is 11.9 Å². The molecule has 0 aliphatic heterocycles. The van der Waals surface area contributed by atoms with Gasteiger partial charge < -0.3 is 10.4 Å². The van der Waals surface area contributed by atoms with E-state index >= 15 is 0 Å². The molecule has 13 heavy (non-hydrogen) atoms. The van der Waals surface area contributed by atoms with E-state index in [1.807, 2.05) is 5.38 Å². The number of hydrogen-bond acceptors (Lipinski definition) is 4. The van der Waals surface area contributed by atoms with E-state index in [2.05, 4.69) is 33.2 Å². The predicted octanol–water partition coefficient (Wildman–Crippen LogP) is 2.48. The van der Waals surface area contributed by atoms with Crippen molar-refractivity contribution >= 4 is 32.4 Å². The first-order chi connectivity index (χ1) is 6.22. The fraction of sp³-hybridized carbons (Fsp3) is 0.625. The highest BCUT2D eigenvalue weighted by molar-refractivity contribution is 9.10. The zero-order valence-corrected chi connectivity index (χ0v) is 9.86. The van der Waals surface area contributed by atoms with E-state index in [9.17, 15) is 5.11 Å². The van der Waals surface area contributed by atoms with Crippen LogP contribution in [0.25, 0.3) is 0 Å². The fourth-order valence-electron chi connectivity index (χ4n) is 0.976. The molecule has 0 aromatic carbocycles. The third-order valence-corrected chi connectivity index (χ3v) is 3.10. The first kappa shape index (κ1) is 10.9. The van der Waals surface area contributed by atoms with E-state index in [4.69, 9.17) is 0 Å². The monoisotopic (exact) mass is 264 g/mol. The Hall–Kier alpha value is -0.130. The van der Waals surface area contributed by atoms with Gasteiger partial charge in [-0.2, -0.15) is 0 Å². The van der Waals surface area contributed by atoms with E-state index in [1.54, 1.807) is 0 Å². The van der Waals surface area contributed by atoms with Gasteiger partial charge in [-0.05, 0) is 22.4 Å². The first-order valence-electron chi connectivity index (χ1n) is 4.25. The second kappa shape index (κ2) is 5.57. The van der Waals surface area contributed by atoms with Gasteiger partial charge in [-0.1, -0.05) is 13.3 Å². The van der Waals surface area contributed by atoms with Crippen LogP contribution >= 0.6 is 27.3 Å². The van der Waals surface area contributed by atoms with Crippen LogP contribution in [0.3, 0.4) is 0 Å². The van der Waals surface area contributed by atoms with Crippen LogP contribution in [0.2, 0.25) is 0 Å². The molecule has 0 bridgehead atoms. The lowest BCUT2D eigenvalue weighted by Gasteiger charge is -2.08. The highest BCUT2D eigenvalue weighted by atomic mass is 79.9. The van der Waals surface area contributed by atoms with Crippen molar-refractivity contribution in [1.82, 2.24) is 4.98 Å². The Kier molecular flexibility index (Phi) is 4.69. The van der Waals surface area contributed by atoms with Crippen LogP contribution in [0, 0.1) is 0 Å². The molecule has 3 nitrogen and oxygen atoms in total. The third kappa shape index (κ3) is 4.06. The third-order valence-electron chi connectivity index (χ3n) is 1.59. The summed E-state index contributed by atoms with van der Waals surface area (Å²) in [6, 6.07) is 0. The summed E-state index contributed by atoms with van der Waals surface area (Å²) in [6.07, 6.45) is 1.57. The van der Waals surface area contributed by atoms with Crippen LogP contribution in [0.15, 0.2) is 9.98 Å². The van der Waals surface area contributed by atoms with Crippen LogP contribution in [-0.4, -0.2) is 22.7 Å². The molecule has 0 saturated heterocycles. The Morgan fingerprint density at radius 1 is 1.77 bits per heavy atom. The Bertz CT molecular complexity index is 254. The molecule has 0 radical (unpaired) electrons. The minimum atomic E-state index is -0.271. The minimum Gasteiger partial charge on any atom is -0.391 e. The SMILES string of the molecule is CCCC(O)CNc1nc(Br)cs1. The van der Waals surface area contributed by atoms with Crippen LogP contribution in [0.4, 0.5) is 5.13 Å². The number of halogens is 1. The topological polar surface area (TPSA) is 45.1 Å². The molecule has 0 aliphatic rings. The summed E-state index contributed by atoms with van der Waals surface area (Å²) >= 11 is 4.80. The zero-order chi connectivity index (χ0) is 9.68. The maximum absolute atomic E-state index is 9.42. The lowest BCUT2D eigenvalue weighted by molar-refractivity contribution is 0.176. The Balaban J connectivity index is 2.26. The molecule has 1 aromatic rings. The summed E-state index contributed by atoms with van der Waals surface area (Å²) in [5, 5.41) is 15.3. The van der Waals surface area contributed by atoms with Crippen LogP contribution in [0.5, 0.6) is 0 Å². The van der Waals surface area contributed by atoms with Crippen molar-refractivity contribution in [2.24, 2.45) is 0 Å². The summed E-state index contributed by atoms with van der Waals surface area (Å²) in [5.41, 5.74) is 0. The summed E-state index contributed by atoms with van der Waals surface area (Å²) in [7, 11) is 0. The molecule has 1 unspecified atom stereocenters. The van der Waals surface area contributed by atoms with Crippen LogP contribution in [0.1, 0.15) is 19.8 Å². The molecular weight excluding hydrogens is 252 g/mol. The van der Waals surface area contributed by atoms with Gasteiger partial charge >= 0.3 is 0 Å². The molecule has 0 saturated carbocycles. The number of thiazole rings is 1. The van der Waals surface area contributed by atoms with E-state index < -0.39 is 0 Å². The number of aromatic nitrogens is 1. The molecule has 0 amide bonds. The van der Waals surface area contributed by atoms with Gasteiger partial charge in [-0.25, -0.2) is 4.98 Å². The Labute approximate surface area is 90.3 Å². The predicted molar refractivity (Wildman–Crippen MR) is 59.2 cm³/mol. The summed E-state index contributed by atoms with van der Waals surface area (Å²) in [4.78, 5) is 4.16. The van der Waals surface area contributed by atoms with Gasteiger partial charge in [0.2, 0.25) is 0 Å². The lowest BCUT2D eigenvalue weighted by Crippen LogP contribution is -2.18. The van der Waals surface area contributed by atoms with Crippen molar-refractivity contribution in [2.45, 2.75) is 25.9 Å². The lowest BCUT2D eigenvalue weighted by atomic mass is 10.2. The smallest absolute Gasteiger partial charge is 0.183 e. The Morgan fingerprint density at radius 2 is 2.54 bits per heavy atom. The molecule has 74 valence electrons. The van der Waals surface area contributed by atoms with Crippen molar-refractivity contribution in [2.75, 3.05) is 11.9 Å². The molecule has 1 heterocycles. The van der Waals surface area contributed by atoms with E-state index in [-0.39, 0.29) is 6.10 Å². The number of aliphatic hydroxyl groups is 1. The van der Waals surface area contributed by atoms with E-state index in [1.165, 1.54) is 11.3 Å². The van der Waals surface area contributed by atoms with Crippen LogP contribution < -0.4 is 5.32 Å². The van der Waals surface area contributed by atoms with Crippen molar-refractivity contribution in [1.29, 1.82) is 0 Å². The maximum Gasteiger partial charge on any atom is 0.183 e. The standard InChI is InChI=1S/C8H13BrN2OS/c1-2-3-6(12)4-10-8-11-7(9)5-13-8/h5-6,12H,2-4H2,1H3,(H,10,11). The molecular formula is C8H13BrN2OS. The van der Waals surface area contributed by atoms with Gasteiger partial charge in [0.1, 0.15) is 4.60 Å². The van der Waals surface area contributed by atoms with Gasteiger partial charge in [-0.15, -0.1) is 11.3 Å². The van der Waals surface area contributed by atoms with Gasteiger partial charge in [0.25, 0.3) is 0 Å². The molecule has 0 spiro atoms. The average Bonchev–Trinajstić information content (AvgIpc) is 2.49. The zero-order valence-electron chi connectivity index (χ0n) is 7.46. The number of aliphatic hydroxyl groups excluding tert-OH is 1. The molecule has 2 N–H and O–H groups in total. The molecule has 5 heteroatoms. The van der Waals surface area contributed by atoms with Crippen molar-refractivity contribution in [3.05, 3.63) is 9.98 Å². The number of nitrogens with one attached hydrogen (secondary N) is 1. The first-order valence-corrected chi connectivity index (χ1v) is 5.92. The van der Waals surface area contributed by atoms with Gasteiger partial charge in [-0.3, -0.25) is 0 Å². The van der Waals surface area contributed by atoms with Crippen molar-refractivity contribution < 1.29 is 5.11 Å². The average molecular weight is 265 g/mol.